The molecule has 1 fully saturated rings. The minimum absolute atomic E-state index is 0.358. The molecule has 0 radical (unpaired) electrons. The zero-order chi connectivity index (χ0) is 14.0. The summed E-state index contributed by atoms with van der Waals surface area (Å²) >= 11 is 5.97. The third-order valence-corrected chi connectivity index (χ3v) is 3.51. The molecule has 1 heterocycles. The van der Waals surface area contributed by atoms with Crippen molar-refractivity contribution < 1.29 is 9.59 Å². The van der Waals surface area contributed by atoms with E-state index in [1.54, 1.807) is 31.2 Å². The summed E-state index contributed by atoms with van der Waals surface area (Å²) in [5.74, 6) is -0.358. The van der Waals surface area contributed by atoms with Gasteiger partial charge in [-0.25, -0.2) is 4.79 Å². The largest absolute Gasteiger partial charge is 0.346 e. The van der Waals surface area contributed by atoms with Crippen LogP contribution in [0.15, 0.2) is 29.4 Å². The van der Waals surface area contributed by atoms with Gasteiger partial charge < -0.3 is 5.32 Å². The molecule has 1 N–H and O–H groups in total. The molecule has 19 heavy (non-hydrogen) atoms. The van der Waals surface area contributed by atoms with Gasteiger partial charge in [0.1, 0.15) is 5.54 Å². The zero-order valence-corrected chi connectivity index (χ0v) is 11.4. The van der Waals surface area contributed by atoms with Crippen LogP contribution in [-0.4, -0.2) is 28.7 Å². The number of amides is 3. The summed E-state index contributed by atoms with van der Waals surface area (Å²) in [5, 5.41) is 7.89. The lowest BCUT2D eigenvalue weighted by Crippen LogP contribution is -2.42. The van der Waals surface area contributed by atoms with E-state index in [0.717, 1.165) is 5.01 Å². The van der Waals surface area contributed by atoms with Crippen molar-refractivity contribution in [2.24, 2.45) is 5.10 Å². The van der Waals surface area contributed by atoms with Gasteiger partial charge in [-0.1, -0.05) is 36.7 Å². The number of hydrazone groups is 1. The van der Waals surface area contributed by atoms with Crippen molar-refractivity contribution in [2.75, 3.05) is 0 Å². The summed E-state index contributed by atoms with van der Waals surface area (Å²) in [6.07, 6.45) is 1.91. The Labute approximate surface area is 116 Å². The fourth-order valence-electron chi connectivity index (χ4n) is 1.71. The molecule has 6 heteroatoms. The molecule has 3 amide bonds. The average molecular weight is 280 g/mol. The van der Waals surface area contributed by atoms with Crippen molar-refractivity contribution in [1.29, 1.82) is 0 Å². The summed E-state index contributed by atoms with van der Waals surface area (Å²) in [5.41, 5.74) is -0.232. The van der Waals surface area contributed by atoms with Crippen molar-refractivity contribution in [1.82, 2.24) is 10.3 Å². The number of hydrogen-bond donors (Lipinski definition) is 1. The van der Waals surface area contributed by atoms with Crippen LogP contribution in [0.4, 0.5) is 4.79 Å². The number of carbonyl (C=O) groups is 2. The second kappa shape index (κ2) is 5.01. The Morgan fingerprint density at radius 2 is 2.11 bits per heavy atom. The standard InChI is InChI=1S/C13H14ClN3O2/c1-3-13(2)11(18)17(12(19)16-13)15-8-9-6-4-5-7-10(9)14/h4-8H,3H2,1-2H3,(H,16,19)/b15-8-/t13-/m0/s1. The van der Waals surface area contributed by atoms with Gasteiger partial charge in [-0.15, -0.1) is 5.01 Å². The number of imide groups is 1. The number of carbonyl (C=O) groups excluding carboxylic acids is 2. The van der Waals surface area contributed by atoms with Gasteiger partial charge in [-0.2, -0.15) is 5.10 Å². The average Bonchev–Trinajstić information content (AvgIpc) is 2.61. The smallest absolute Gasteiger partial charge is 0.322 e. The van der Waals surface area contributed by atoms with Crippen LogP contribution in [0, 0.1) is 0 Å². The van der Waals surface area contributed by atoms with Gasteiger partial charge in [0.05, 0.1) is 6.21 Å². The van der Waals surface area contributed by atoms with Crippen LogP contribution in [0.3, 0.4) is 0 Å². The van der Waals surface area contributed by atoms with E-state index in [1.807, 2.05) is 6.92 Å². The predicted molar refractivity (Wildman–Crippen MR) is 73.1 cm³/mol. The topological polar surface area (TPSA) is 61.8 Å². The lowest BCUT2D eigenvalue weighted by atomic mass is 10.00. The van der Waals surface area contributed by atoms with Gasteiger partial charge in [0.2, 0.25) is 0 Å². The molecule has 0 bridgehead atoms. The summed E-state index contributed by atoms with van der Waals surface area (Å²) in [6, 6.07) is 6.54. The quantitative estimate of drug-likeness (QED) is 0.682. The first kappa shape index (κ1) is 13.5. The molecular weight excluding hydrogens is 266 g/mol. The summed E-state index contributed by atoms with van der Waals surface area (Å²) in [4.78, 5) is 23.8. The molecule has 0 unspecified atom stereocenters. The number of nitrogens with zero attached hydrogens (tertiary/aromatic N) is 2. The first-order valence-corrected chi connectivity index (χ1v) is 6.31. The first-order valence-electron chi connectivity index (χ1n) is 5.93. The normalized spacial score (nSPS) is 23.2. The maximum Gasteiger partial charge on any atom is 0.346 e. The van der Waals surface area contributed by atoms with Crippen molar-refractivity contribution in [3.63, 3.8) is 0 Å². The monoisotopic (exact) mass is 279 g/mol. The maximum absolute atomic E-state index is 12.1. The molecule has 2 rings (SSSR count). The van der Waals surface area contributed by atoms with Crippen LogP contribution in [0.1, 0.15) is 25.8 Å². The fourth-order valence-corrected chi connectivity index (χ4v) is 1.90. The van der Waals surface area contributed by atoms with Gasteiger partial charge in [0.25, 0.3) is 5.91 Å². The molecule has 5 nitrogen and oxygen atoms in total. The molecular formula is C13H14ClN3O2. The highest BCUT2D eigenvalue weighted by molar-refractivity contribution is 6.33. The fraction of sp³-hybridized carbons (Fsp3) is 0.308. The van der Waals surface area contributed by atoms with E-state index < -0.39 is 11.6 Å². The van der Waals surface area contributed by atoms with E-state index in [-0.39, 0.29) is 5.91 Å². The van der Waals surface area contributed by atoms with E-state index in [9.17, 15) is 9.59 Å². The molecule has 100 valence electrons. The Balaban J connectivity index is 2.23. The molecule has 1 aromatic carbocycles. The number of rotatable bonds is 3. The van der Waals surface area contributed by atoms with E-state index in [0.29, 0.717) is 17.0 Å². The van der Waals surface area contributed by atoms with E-state index in [4.69, 9.17) is 11.6 Å². The number of urea groups is 1. The molecule has 1 saturated heterocycles. The highest BCUT2D eigenvalue weighted by Gasteiger charge is 2.46. The molecule has 1 aliphatic heterocycles. The highest BCUT2D eigenvalue weighted by Crippen LogP contribution is 2.21. The highest BCUT2D eigenvalue weighted by atomic mass is 35.5. The molecule has 0 spiro atoms. The third-order valence-electron chi connectivity index (χ3n) is 3.16. The van der Waals surface area contributed by atoms with Crippen molar-refractivity contribution in [3.8, 4) is 0 Å². The number of benzene rings is 1. The third kappa shape index (κ3) is 2.46. The second-order valence-corrected chi connectivity index (χ2v) is 4.91. The van der Waals surface area contributed by atoms with Crippen LogP contribution in [0.5, 0.6) is 0 Å². The number of halogens is 1. The molecule has 0 saturated carbocycles. The number of hydrogen-bond acceptors (Lipinski definition) is 3. The molecule has 1 atom stereocenters. The van der Waals surface area contributed by atoms with Gasteiger partial charge >= 0.3 is 6.03 Å². The second-order valence-electron chi connectivity index (χ2n) is 4.50. The SMILES string of the molecule is CC[C@]1(C)NC(=O)N(/N=C\c2ccccc2Cl)C1=O. The van der Waals surface area contributed by atoms with Crippen LogP contribution in [-0.2, 0) is 4.79 Å². The van der Waals surface area contributed by atoms with Gasteiger partial charge in [-0.05, 0) is 19.4 Å². The Morgan fingerprint density at radius 3 is 2.68 bits per heavy atom. The van der Waals surface area contributed by atoms with E-state index in [1.165, 1.54) is 6.21 Å². The zero-order valence-electron chi connectivity index (χ0n) is 10.7. The Kier molecular flexibility index (Phi) is 3.57. The van der Waals surface area contributed by atoms with Crippen LogP contribution in [0.25, 0.3) is 0 Å². The molecule has 1 aliphatic rings. The summed E-state index contributed by atoms with van der Waals surface area (Å²) in [7, 11) is 0. The lowest BCUT2D eigenvalue weighted by molar-refractivity contribution is -0.130. The predicted octanol–water partition coefficient (Wildman–Crippen LogP) is 2.39. The van der Waals surface area contributed by atoms with Crippen molar-refractivity contribution in [3.05, 3.63) is 34.9 Å². The van der Waals surface area contributed by atoms with Gasteiger partial charge in [0, 0.05) is 10.6 Å². The summed E-state index contributed by atoms with van der Waals surface area (Å²) in [6.45, 7) is 3.51. The molecule has 0 aliphatic carbocycles. The minimum atomic E-state index is -0.880. The van der Waals surface area contributed by atoms with Gasteiger partial charge in [0.15, 0.2) is 0 Å². The minimum Gasteiger partial charge on any atom is -0.322 e. The van der Waals surface area contributed by atoms with Crippen molar-refractivity contribution in [2.45, 2.75) is 25.8 Å². The number of nitrogens with one attached hydrogen (secondary N) is 1. The summed E-state index contributed by atoms with van der Waals surface area (Å²) < 4.78 is 0. The Morgan fingerprint density at radius 1 is 1.42 bits per heavy atom. The Hall–Kier alpha value is -1.88. The van der Waals surface area contributed by atoms with Crippen LogP contribution < -0.4 is 5.32 Å². The van der Waals surface area contributed by atoms with Crippen LogP contribution in [0.2, 0.25) is 5.02 Å². The van der Waals surface area contributed by atoms with Gasteiger partial charge in [-0.3, -0.25) is 4.79 Å². The maximum atomic E-state index is 12.1. The van der Waals surface area contributed by atoms with Crippen LogP contribution >= 0.6 is 11.6 Å². The van der Waals surface area contributed by atoms with E-state index in [2.05, 4.69) is 10.4 Å². The molecule has 1 aromatic rings. The van der Waals surface area contributed by atoms with E-state index >= 15 is 0 Å². The molecule has 0 aromatic heterocycles. The van der Waals surface area contributed by atoms with Crippen molar-refractivity contribution >= 4 is 29.8 Å². The first-order chi connectivity index (χ1) is 8.98. The lowest BCUT2D eigenvalue weighted by Gasteiger charge is -2.17. The Bertz CT molecular complexity index is 559.